The van der Waals surface area contributed by atoms with Crippen LogP contribution in [0, 0.1) is 12.8 Å². The van der Waals surface area contributed by atoms with Crippen molar-refractivity contribution in [2.45, 2.75) is 62.6 Å². The number of hydrogen-bond donors (Lipinski definition) is 0. The highest BCUT2D eigenvalue weighted by Gasteiger charge is 2.27. The zero-order valence-electron chi connectivity index (χ0n) is 15.5. The van der Waals surface area contributed by atoms with Crippen molar-refractivity contribution in [2.75, 3.05) is 6.61 Å². The zero-order valence-corrected chi connectivity index (χ0v) is 16.3. The van der Waals surface area contributed by atoms with Gasteiger partial charge in [-0.25, -0.2) is 4.79 Å². The van der Waals surface area contributed by atoms with E-state index >= 15 is 0 Å². The molecule has 0 N–H and O–H groups in total. The molecular formula is C21H29NO2S. The molecule has 0 amide bonds. The van der Waals surface area contributed by atoms with E-state index in [1.165, 1.54) is 16.9 Å². The summed E-state index contributed by atoms with van der Waals surface area (Å²) in [6.45, 7) is 9.99. The predicted molar refractivity (Wildman–Crippen MR) is 107 cm³/mol. The highest BCUT2D eigenvalue weighted by atomic mass is 32.2. The van der Waals surface area contributed by atoms with Gasteiger partial charge in [0.2, 0.25) is 0 Å². The fourth-order valence-electron chi connectivity index (χ4n) is 2.90. The molecule has 1 aliphatic rings. The number of nitrogens with zero attached hydrogens (tertiary/aromatic N) is 1. The number of ether oxygens (including phenoxy) is 1. The van der Waals surface area contributed by atoms with E-state index in [0.29, 0.717) is 5.25 Å². The molecule has 1 aliphatic carbocycles. The van der Waals surface area contributed by atoms with E-state index in [-0.39, 0.29) is 18.5 Å². The van der Waals surface area contributed by atoms with Crippen LogP contribution in [0.5, 0.6) is 0 Å². The highest BCUT2D eigenvalue weighted by Crippen LogP contribution is 2.33. The number of rotatable bonds is 7. The van der Waals surface area contributed by atoms with Gasteiger partial charge in [-0.1, -0.05) is 50.6 Å². The first-order valence-electron chi connectivity index (χ1n) is 9.08. The first-order valence-corrected chi connectivity index (χ1v) is 9.96. The molecule has 1 aromatic rings. The number of carbonyl (C=O) groups is 1. The molecule has 1 unspecified atom stereocenters. The molecule has 0 aromatic heterocycles. The minimum atomic E-state index is -0.422. The predicted octanol–water partition coefficient (Wildman–Crippen LogP) is 5.22. The fraction of sp³-hybridized carbons (Fsp3) is 0.524. The largest absolute Gasteiger partial charge is 0.460 e. The van der Waals surface area contributed by atoms with Crippen molar-refractivity contribution >= 4 is 23.4 Å². The number of benzene rings is 1. The Labute approximate surface area is 156 Å². The maximum Gasteiger partial charge on any atom is 0.331 e. The molecule has 0 bridgehead atoms. The Kier molecular flexibility index (Phi) is 7.76. The second-order valence-electron chi connectivity index (χ2n) is 6.89. The molecule has 1 saturated carbocycles. The van der Waals surface area contributed by atoms with Gasteiger partial charge in [0.05, 0.1) is 0 Å². The van der Waals surface area contributed by atoms with E-state index in [1.807, 2.05) is 25.6 Å². The number of aliphatic imine (C=N–C) groups is 1. The zero-order chi connectivity index (χ0) is 18.2. The van der Waals surface area contributed by atoms with Crippen LogP contribution in [0.1, 0.15) is 45.1 Å². The van der Waals surface area contributed by atoms with Gasteiger partial charge in [0.1, 0.15) is 12.6 Å². The van der Waals surface area contributed by atoms with Crippen LogP contribution in [0.3, 0.4) is 0 Å². The first-order chi connectivity index (χ1) is 12.0. The molecular weight excluding hydrogens is 330 g/mol. The molecule has 0 saturated heterocycles. The number of hydrogen-bond acceptors (Lipinski definition) is 4. The first kappa shape index (κ1) is 19.8. The molecule has 2 rings (SSSR count). The van der Waals surface area contributed by atoms with Crippen LogP contribution in [0.25, 0.3) is 0 Å². The van der Waals surface area contributed by atoms with Gasteiger partial charge in [0.15, 0.2) is 0 Å². The van der Waals surface area contributed by atoms with Gasteiger partial charge in [-0.2, -0.15) is 0 Å². The molecule has 0 aliphatic heterocycles. The number of esters is 1. The van der Waals surface area contributed by atoms with E-state index in [9.17, 15) is 4.79 Å². The van der Waals surface area contributed by atoms with Gasteiger partial charge in [0, 0.05) is 15.9 Å². The molecule has 1 fully saturated rings. The second-order valence-corrected chi connectivity index (χ2v) is 8.17. The Balaban J connectivity index is 2.15. The average molecular weight is 360 g/mol. The van der Waals surface area contributed by atoms with E-state index in [0.717, 1.165) is 25.0 Å². The third-order valence-electron chi connectivity index (χ3n) is 4.34. The summed E-state index contributed by atoms with van der Waals surface area (Å²) in [5.41, 5.74) is 2.43. The monoisotopic (exact) mass is 359 g/mol. The lowest BCUT2D eigenvalue weighted by molar-refractivity contribution is -0.144. The Hall–Kier alpha value is -1.55. The average Bonchev–Trinajstić information content (AvgIpc) is 2.60. The van der Waals surface area contributed by atoms with Crippen molar-refractivity contribution in [1.82, 2.24) is 0 Å². The van der Waals surface area contributed by atoms with Crippen LogP contribution in [0.2, 0.25) is 0 Å². The van der Waals surface area contributed by atoms with E-state index in [2.05, 4.69) is 37.8 Å². The van der Waals surface area contributed by atoms with Crippen molar-refractivity contribution in [2.24, 2.45) is 10.9 Å². The van der Waals surface area contributed by atoms with Gasteiger partial charge in [-0.05, 0) is 44.2 Å². The van der Waals surface area contributed by atoms with Crippen LogP contribution >= 0.6 is 11.8 Å². The molecule has 25 heavy (non-hydrogen) atoms. The van der Waals surface area contributed by atoms with Crippen LogP contribution in [0.4, 0.5) is 0 Å². The van der Waals surface area contributed by atoms with Crippen LogP contribution in [-0.4, -0.2) is 29.6 Å². The Morgan fingerprint density at radius 2 is 2.08 bits per heavy atom. The van der Waals surface area contributed by atoms with Gasteiger partial charge in [0.25, 0.3) is 0 Å². The summed E-state index contributed by atoms with van der Waals surface area (Å²) in [4.78, 5) is 18.5. The Bertz CT molecular complexity index is 607. The van der Waals surface area contributed by atoms with Crippen molar-refractivity contribution < 1.29 is 9.53 Å². The highest BCUT2D eigenvalue weighted by molar-refractivity contribution is 8.00. The topological polar surface area (TPSA) is 38.7 Å². The van der Waals surface area contributed by atoms with E-state index < -0.39 is 6.04 Å². The fourth-order valence-corrected chi connectivity index (χ4v) is 4.12. The molecule has 1 aromatic carbocycles. The molecule has 0 heterocycles. The molecule has 3 nitrogen and oxygen atoms in total. The van der Waals surface area contributed by atoms with Crippen LogP contribution in [0.15, 0.2) is 46.8 Å². The smallest absolute Gasteiger partial charge is 0.331 e. The lowest BCUT2D eigenvalue weighted by atomic mass is 9.96. The number of aryl methyl sites for hydroxylation is 1. The summed E-state index contributed by atoms with van der Waals surface area (Å²) < 4.78 is 5.25. The van der Waals surface area contributed by atoms with E-state index in [1.54, 1.807) is 6.08 Å². The minimum absolute atomic E-state index is 0.122. The van der Waals surface area contributed by atoms with Gasteiger partial charge < -0.3 is 4.74 Å². The number of thioether (sulfide) groups is 1. The summed E-state index contributed by atoms with van der Waals surface area (Å²) in [5.74, 6) is -0.121. The lowest BCUT2D eigenvalue weighted by Gasteiger charge is -2.26. The number of carbonyl (C=O) groups excluding carboxylic acids is 1. The van der Waals surface area contributed by atoms with Crippen LogP contribution < -0.4 is 0 Å². The normalized spacial score (nSPS) is 20.5. The van der Waals surface area contributed by atoms with Crippen molar-refractivity contribution in [3.05, 3.63) is 42.5 Å². The molecule has 2 atom stereocenters. The SMILES string of the molecule is C=CCOC(=O)[C@@H](N=C1CCCCC1Sc1ccc(C)cc1)C(C)C. The maximum atomic E-state index is 12.3. The summed E-state index contributed by atoms with van der Waals surface area (Å²) in [7, 11) is 0. The summed E-state index contributed by atoms with van der Waals surface area (Å²) in [5, 5.41) is 0.352. The Morgan fingerprint density at radius 3 is 2.72 bits per heavy atom. The Morgan fingerprint density at radius 1 is 1.36 bits per heavy atom. The molecule has 0 radical (unpaired) electrons. The van der Waals surface area contributed by atoms with Crippen LogP contribution in [-0.2, 0) is 9.53 Å². The standard InChI is InChI=1S/C21H29NO2S/c1-5-14-24-21(23)20(15(2)3)22-18-8-6-7-9-19(18)25-17-12-10-16(4)11-13-17/h5,10-13,15,19-20H,1,6-9,14H2,2-4H3/t19?,20-/m0/s1. The molecule has 136 valence electrons. The van der Waals surface area contributed by atoms with Crippen molar-refractivity contribution in [1.29, 1.82) is 0 Å². The van der Waals surface area contributed by atoms with Crippen molar-refractivity contribution in [3.63, 3.8) is 0 Å². The van der Waals surface area contributed by atoms with Crippen molar-refractivity contribution in [3.8, 4) is 0 Å². The summed E-state index contributed by atoms with van der Waals surface area (Å²) in [6, 6.07) is 8.21. The van der Waals surface area contributed by atoms with Gasteiger partial charge >= 0.3 is 5.97 Å². The van der Waals surface area contributed by atoms with Gasteiger partial charge in [-0.15, -0.1) is 11.8 Å². The third-order valence-corrected chi connectivity index (χ3v) is 5.68. The third kappa shape index (κ3) is 6.03. The second kappa shape index (κ2) is 9.81. The molecule has 4 heteroatoms. The van der Waals surface area contributed by atoms with E-state index in [4.69, 9.17) is 9.73 Å². The molecule has 0 spiro atoms. The summed E-state index contributed by atoms with van der Waals surface area (Å²) in [6.07, 6.45) is 6.05. The lowest BCUT2D eigenvalue weighted by Crippen LogP contribution is -2.31. The quantitative estimate of drug-likeness (QED) is 0.494. The van der Waals surface area contributed by atoms with Gasteiger partial charge in [-0.3, -0.25) is 4.99 Å². The maximum absolute atomic E-state index is 12.3. The summed E-state index contributed by atoms with van der Waals surface area (Å²) >= 11 is 1.87. The minimum Gasteiger partial charge on any atom is -0.460 e.